The molecule has 0 spiro atoms. The highest BCUT2D eigenvalue weighted by Gasteiger charge is 2.26. The molecule has 2 saturated heterocycles. The summed E-state index contributed by atoms with van der Waals surface area (Å²) in [5.41, 5.74) is 1.00. The maximum atomic E-state index is 12.7. The minimum Gasteiger partial charge on any atom is -0.342 e. The number of likely N-dealkylation sites (tertiary alicyclic amines) is 2. The summed E-state index contributed by atoms with van der Waals surface area (Å²) in [4.78, 5) is 17.4. The fraction of sp³-hybridized carbons (Fsp3) is 0.667. The lowest BCUT2D eigenvalue weighted by atomic mass is 9.94. The van der Waals surface area contributed by atoms with Crippen LogP contribution in [0.5, 0.6) is 0 Å². The van der Waals surface area contributed by atoms with Crippen molar-refractivity contribution in [3.63, 3.8) is 0 Å². The van der Waals surface area contributed by atoms with Crippen molar-refractivity contribution < 1.29 is 4.79 Å². The summed E-state index contributed by atoms with van der Waals surface area (Å²) in [7, 11) is 0. The summed E-state index contributed by atoms with van der Waals surface area (Å²) < 4.78 is 0. The second-order valence-electron chi connectivity index (χ2n) is 8.07. The predicted octanol–water partition coefficient (Wildman–Crippen LogP) is 4.90. The van der Waals surface area contributed by atoms with Gasteiger partial charge in [0.05, 0.1) is 0 Å². The van der Waals surface area contributed by atoms with Gasteiger partial charge in [0, 0.05) is 36.1 Å². The molecule has 3 rings (SSSR count). The van der Waals surface area contributed by atoms with Crippen molar-refractivity contribution in [2.45, 2.75) is 45.4 Å². The summed E-state index contributed by atoms with van der Waals surface area (Å²) in [5, 5.41) is 1.29. The molecule has 0 N–H and O–H groups in total. The maximum absolute atomic E-state index is 12.7. The van der Waals surface area contributed by atoms with Crippen molar-refractivity contribution in [2.24, 2.45) is 11.8 Å². The molecule has 2 aliphatic rings. The number of carbonyl (C=O) groups is 1. The average Bonchev–Trinajstić information content (AvgIpc) is 2.63. The minimum atomic E-state index is 0.257. The Morgan fingerprint density at radius 1 is 1.15 bits per heavy atom. The second-order valence-corrected chi connectivity index (χ2v) is 8.91. The van der Waals surface area contributed by atoms with Gasteiger partial charge in [-0.3, -0.25) is 4.79 Å². The first-order valence-corrected chi connectivity index (χ1v) is 10.7. The molecule has 1 aromatic carbocycles. The van der Waals surface area contributed by atoms with E-state index >= 15 is 0 Å². The van der Waals surface area contributed by atoms with E-state index in [-0.39, 0.29) is 5.91 Å². The molecular weight excluding hydrogens is 367 g/mol. The number of rotatable bonds is 5. The highest BCUT2D eigenvalue weighted by molar-refractivity contribution is 6.35. The molecule has 0 saturated carbocycles. The van der Waals surface area contributed by atoms with Gasteiger partial charge >= 0.3 is 0 Å². The summed E-state index contributed by atoms with van der Waals surface area (Å²) in [6, 6.07) is 5.51. The Labute approximate surface area is 167 Å². The number of hydrogen-bond acceptors (Lipinski definition) is 2. The molecule has 2 aliphatic heterocycles. The van der Waals surface area contributed by atoms with Crippen LogP contribution in [0.2, 0.25) is 10.0 Å². The Kier molecular flexibility index (Phi) is 7.25. The van der Waals surface area contributed by atoms with Gasteiger partial charge in [0.15, 0.2) is 0 Å². The molecule has 3 nitrogen and oxygen atoms in total. The van der Waals surface area contributed by atoms with Gasteiger partial charge in [-0.25, -0.2) is 0 Å². The van der Waals surface area contributed by atoms with Gasteiger partial charge in [-0.05, 0) is 74.7 Å². The molecule has 0 aliphatic carbocycles. The minimum absolute atomic E-state index is 0.257. The summed E-state index contributed by atoms with van der Waals surface area (Å²) in [5.74, 6) is 1.75. The largest absolute Gasteiger partial charge is 0.342 e. The van der Waals surface area contributed by atoms with E-state index in [1.165, 1.54) is 32.4 Å². The number of halogens is 2. The zero-order valence-electron chi connectivity index (χ0n) is 15.7. The smallest absolute Gasteiger partial charge is 0.222 e. The van der Waals surface area contributed by atoms with Crippen LogP contribution in [0.25, 0.3) is 0 Å². The topological polar surface area (TPSA) is 23.6 Å². The number of piperidine rings is 2. The van der Waals surface area contributed by atoms with Gasteiger partial charge in [-0.15, -0.1) is 0 Å². The molecule has 2 heterocycles. The molecule has 1 amide bonds. The van der Waals surface area contributed by atoms with E-state index in [0.29, 0.717) is 28.8 Å². The quantitative estimate of drug-likeness (QED) is 0.706. The van der Waals surface area contributed by atoms with E-state index < -0.39 is 0 Å². The lowest BCUT2D eigenvalue weighted by Gasteiger charge is -2.38. The highest BCUT2D eigenvalue weighted by atomic mass is 35.5. The second kappa shape index (κ2) is 9.43. The molecule has 5 heteroatoms. The van der Waals surface area contributed by atoms with Gasteiger partial charge in [0.25, 0.3) is 0 Å². The van der Waals surface area contributed by atoms with E-state index in [9.17, 15) is 4.79 Å². The fourth-order valence-corrected chi connectivity index (χ4v) is 4.68. The SMILES string of the molecule is CC1CCN(CC2CCCN(C(=O)CCc3ccc(Cl)cc3Cl)C2)CC1. The fourth-order valence-electron chi connectivity index (χ4n) is 4.17. The number of amides is 1. The molecule has 26 heavy (non-hydrogen) atoms. The van der Waals surface area contributed by atoms with Gasteiger partial charge in [0.1, 0.15) is 0 Å². The van der Waals surface area contributed by atoms with E-state index in [1.807, 2.05) is 12.1 Å². The van der Waals surface area contributed by atoms with E-state index in [0.717, 1.165) is 37.5 Å². The molecule has 144 valence electrons. The van der Waals surface area contributed by atoms with E-state index in [2.05, 4.69) is 16.7 Å². The Bertz CT molecular complexity index is 614. The number of carbonyl (C=O) groups excluding carboxylic acids is 1. The van der Waals surface area contributed by atoms with Gasteiger partial charge in [0.2, 0.25) is 5.91 Å². The van der Waals surface area contributed by atoms with Crippen LogP contribution in [-0.2, 0) is 11.2 Å². The van der Waals surface area contributed by atoms with Crippen LogP contribution in [0.4, 0.5) is 0 Å². The number of benzene rings is 1. The van der Waals surface area contributed by atoms with Crippen LogP contribution in [0.15, 0.2) is 18.2 Å². The number of nitrogens with zero attached hydrogens (tertiary/aromatic N) is 2. The summed E-state index contributed by atoms with van der Waals surface area (Å²) in [6.07, 6.45) is 6.21. The standard InChI is InChI=1S/C21H30Cl2N2O/c1-16-8-11-24(12-9-16)14-17-3-2-10-25(15-17)21(26)7-5-18-4-6-19(22)13-20(18)23/h4,6,13,16-17H,2-3,5,7-12,14-15H2,1H3. The highest BCUT2D eigenvalue weighted by Crippen LogP contribution is 2.24. The molecule has 0 radical (unpaired) electrons. The molecule has 0 bridgehead atoms. The van der Waals surface area contributed by atoms with E-state index in [4.69, 9.17) is 23.2 Å². The van der Waals surface area contributed by atoms with Crippen molar-refractivity contribution in [3.05, 3.63) is 33.8 Å². The number of aryl methyl sites for hydroxylation is 1. The van der Waals surface area contributed by atoms with Crippen LogP contribution in [0.1, 0.15) is 44.6 Å². The molecule has 0 aromatic heterocycles. The summed E-state index contributed by atoms with van der Waals surface area (Å²) in [6.45, 7) is 7.77. The average molecular weight is 397 g/mol. The Morgan fingerprint density at radius 2 is 1.92 bits per heavy atom. The predicted molar refractivity (Wildman–Crippen MR) is 109 cm³/mol. The Balaban J connectivity index is 1.46. The monoisotopic (exact) mass is 396 g/mol. The van der Waals surface area contributed by atoms with Gasteiger partial charge in [-0.2, -0.15) is 0 Å². The van der Waals surface area contributed by atoms with Crippen molar-refractivity contribution in [1.82, 2.24) is 9.80 Å². The third-order valence-electron chi connectivity index (χ3n) is 5.89. The lowest BCUT2D eigenvalue weighted by molar-refractivity contribution is -0.133. The zero-order valence-corrected chi connectivity index (χ0v) is 17.2. The molecule has 2 fully saturated rings. The first-order chi connectivity index (χ1) is 12.5. The maximum Gasteiger partial charge on any atom is 0.222 e. The first kappa shape index (κ1) is 20.0. The van der Waals surface area contributed by atoms with E-state index in [1.54, 1.807) is 6.07 Å². The third kappa shape index (κ3) is 5.61. The van der Waals surface area contributed by atoms with Crippen molar-refractivity contribution in [3.8, 4) is 0 Å². The van der Waals surface area contributed by atoms with Crippen molar-refractivity contribution >= 4 is 29.1 Å². The molecule has 1 atom stereocenters. The Hall–Kier alpha value is -0.770. The zero-order chi connectivity index (χ0) is 18.5. The van der Waals surface area contributed by atoms with Crippen LogP contribution in [0, 0.1) is 11.8 Å². The first-order valence-electron chi connectivity index (χ1n) is 9.95. The molecule has 1 unspecified atom stereocenters. The van der Waals surface area contributed by atoms with Crippen LogP contribution >= 0.6 is 23.2 Å². The van der Waals surface area contributed by atoms with Crippen molar-refractivity contribution in [2.75, 3.05) is 32.7 Å². The Morgan fingerprint density at radius 3 is 2.65 bits per heavy atom. The van der Waals surface area contributed by atoms with Gasteiger partial charge in [-0.1, -0.05) is 36.2 Å². The normalized spacial score (nSPS) is 22.6. The lowest BCUT2D eigenvalue weighted by Crippen LogP contribution is -2.45. The van der Waals surface area contributed by atoms with Crippen LogP contribution in [-0.4, -0.2) is 48.4 Å². The molecular formula is C21H30Cl2N2O. The van der Waals surface area contributed by atoms with Crippen LogP contribution in [0.3, 0.4) is 0 Å². The van der Waals surface area contributed by atoms with Crippen LogP contribution < -0.4 is 0 Å². The van der Waals surface area contributed by atoms with Gasteiger partial charge < -0.3 is 9.80 Å². The summed E-state index contributed by atoms with van der Waals surface area (Å²) >= 11 is 12.2. The third-order valence-corrected chi connectivity index (χ3v) is 6.47. The van der Waals surface area contributed by atoms with Crippen molar-refractivity contribution in [1.29, 1.82) is 0 Å². The number of hydrogen-bond donors (Lipinski definition) is 0. The molecule has 1 aromatic rings.